The number of hydrogen-bond donors (Lipinski definition) is 0. The molecular formula is C21H34O2. The maximum absolute atomic E-state index is 11.8. The zero-order valence-corrected chi connectivity index (χ0v) is 15.3. The fraction of sp³-hybridized carbons (Fsp3) is 0.667. The molecule has 0 aromatic heterocycles. The van der Waals surface area contributed by atoms with Crippen molar-refractivity contribution in [3.63, 3.8) is 0 Å². The Labute approximate surface area is 142 Å². The van der Waals surface area contributed by atoms with Crippen LogP contribution in [0.2, 0.25) is 0 Å². The van der Waals surface area contributed by atoms with Gasteiger partial charge in [-0.2, -0.15) is 0 Å². The van der Waals surface area contributed by atoms with Crippen LogP contribution in [0.25, 0.3) is 0 Å². The van der Waals surface area contributed by atoms with E-state index in [-0.39, 0.29) is 5.97 Å². The van der Waals surface area contributed by atoms with E-state index in [0.29, 0.717) is 13.0 Å². The van der Waals surface area contributed by atoms with Crippen molar-refractivity contribution in [2.75, 3.05) is 0 Å². The molecule has 0 heterocycles. The Morgan fingerprint density at radius 1 is 0.870 bits per heavy atom. The average molecular weight is 319 g/mol. The zero-order chi connectivity index (χ0) is 16.9. The lowest BCUT2D eigenvalue weighted by molar-refractivity contribution is -0.145. The Morgan fingerprint density at radius 2 is 1.48 bits per heavy atom. The lowest BCUT2D eigenvalue weighted by atomic mass is 10.1. The number of hydrogen-bond acceptors (Lipinski definition) is 2. The molecule has 0 bridgehead atoms. The Hall–Kier alpha value is -1.31. The van der Waals surface area contributed by atoms with Gasteiger partial charge in [-0.3, -0.25) is 4.79 Å². The summed E-state index contributed by atoms with van der Waals surface area (Å²) in [5.74, 6) is -0.0637. The number of ether oxygens (including phenoxy) is 1. The van der Waals surface area contributed by atoms with Gasteiger partial charge < -0.3 is 4.74 Å². The Bertz CT molecular complexity index is 451. The van der Waals surface area contributed by atoms with Crippen LogP contribution in [0.15, 0.2) is 18.2 Å². The number of unbranched alkanes of at least 4 members (excludes halogenated alkanes) is 8. The Kier molecular flexibility index (Phi) is 10.4. The molecule has 1 rings (SSSR count). The number of carbonyl (C=O) groups is 1. The lowest BCUT2D eigenvalue weighted by Gasteiger charge is -2.07. The number of rotatable bonds is 12. The average Bonchev–Trinajstić information content (AvgIpc) is 2.54. The highest BCUT2D eigenvalue weighted by Gasteiger charge is 2.04. The summed E-state index contributed by atoms with van der Waals surface area (Å²) in [6, 6.07) is 6.22. The number of carbonyl (C=O) groups excluding carboxylic acids is 1. The van der Waals surface area contributed by atoms with Gasteiger partial charge in [-0.05, 0) is 37.0 Å². The molecule has 0 saturated heterocycles. The molecule has 0 amide bonds. The van der Waals surface area contributed by atoms with E-state index in [0.717, 1.165) is 18.4 Å². The number of benzene rings is 1. The van der Waals surface area contributed by atoms with Crippen LogP contribution in [0.1, 0.15) is 87.8 Å². The Balaban J connectivity index is 2.01. The predicted molar refractivity (Wildman–Crippen MR) is 97.6 cm³/mol. The first-order chi connectivity index (χ1) is 11.1. The zero-order valence-electron chi connectivity index (χ0n) is 15.3. The van der Waals surface area contributed by atoms with Gasteiger partial charge in [0.2, 0.25) is 0 Å². The van der Waals surface area contributed by atoms with Crippen LogP contribution in [0, 0.1) is 13.8 Å². The first-order valence-electron chi connectivity index (χ1n) is 9.35. The quantitative estimate of drug-likeness (QED) is 0.335. The molecule has 0 saturated carbocycles. The maximum Gasteiger partial charge on any atom is 0.306 e. The minimum Gasteiger partial charge on any atom is -0.461 e. The standard InChI is InChI=1S/C21H34O2/c1-4-5-6-7-8-9-10-11-12-13-21(22)23-17-20-15-14-18(2)19(3)16-20/h14-16H,4-13,17H2,1-3H3. The van der Waals surface area contributed by atoms with E-state index in [9.17, 15) is 4.79 Å². The van der Waals surface area contributed by atoms with E-state index in [1.165, 1.54) is 56.1 Å². The van der Waals surface area contributed by atoms with Gasteiger partial charge in [0.25, 0.3) is 0 Å². The van der Waals surface area contributed by atoms with Crippen molar-refractivity contribution in [3.05, 3.63) is 34.9 Å². The molecule has 0 radical (unpaired) electrons. The highest BCUT2D eigenvalue weighted by molar-refractivity contribution is 5.69. The van der Waals surface area contributed by atoms with Crippen molar-refractivity contribution in [1.82, 2.24) is 0 Å². The number of aryl methyl sites for hydroxylation is 2. The Morgan fingerprint density at radius 3 is 2.09 bits per heavy atom. The molecule has 0 spiro atoms. The summed E-state index contributed by atoms with van der Waals surface area (Å²) in [6.07, 6.45) is 12.0. The third kappa shape index (κ3) is 9.43. The van der Waals surface area contributed by atoms with Crippen LogP contribution in [-0.2, 0) is 16.1 Å². The molecule has 23 heavy (non-hydrogen) atoms. The fourth-order valence-corrected chi connectivity index (χ4v) is 2.71. The molecule has 0 unspecified atom stereocenters. The van der Waals surface area contributed by atoms with Crippen LogP contribution in [0.4, 0.5) is 0 Å². The molecule has 1 aromatic rings. The SMILES string of the molecule is CCCCCCCCCCCC(=O)OCc1ccc(C)c(C)c1. The second kappa shape index (κ2) is 12.2. The van der Waals surface area contributed by atoms with Crippen molar-refractivity contribution in [2.24, 2.45) is 0 Å². The van der Waals surface area contributed by atoms with Gasteiger partial charge >= 0.3 is 5.97 Å². The molecule has 0 N–H and O–H groups in total. The molecule has 0 fully saturated rings. The van der Waals surface area contributed by atoms with Gasteiger partial charge in [-0.15, -0.1) is 0 Å². The van der Waals surface area contributed by atoms with E-state index in [4.69, 9.17) is 4.74 Å². The summed E-state index contributed by atoms with van der Waals surface area (Å²) in [5, 5.41) is 0. The van der Waals surface area contributed by atoms with Gasteiger partial charge in [0.15, 0.2) is 0 Å². The topological polar surface area (TPSA) is 26.3 Å². The minimum absolute atomic E-state index is 0.0637. The minimum atomic E-state index is -0.0637. The van der Waals surface area contributed by atoms with E-state index in [1.54, 1.807) is 0 Å². The van der Waals surface area contributed by atoms with Crippen LogP contribution in [0.5, 0.6) is 0 Å². The second-order valence-electron chi connectivity index (χ2n) is 6.66. The molecular weight excluding hydrogens is 284 g/mol. The first kappa shape index (κ1) is 19.7. The molecule has 0 aliphatic rings. The summed E-state index contributed by atoms with van der Waals surface area (Å²) in [6.45, 7) is 6.83. The summed E-state index contributed by atoms with van der Waals surface area (Å²) in [7, 11) is 0. The van der Waals surface area contributed by atoms with Crippen LogP contribution in [-0.4, -0.2) is 5.97 Å². The van der Waals surface area contributed by atoms with Gasteiger partial charge in [-0.25, -0.2) is 0 Å². The van der Waals surface area contributed by atoms with Crippen LogP contribution in [0.3, 0.4) is 0 Å². The summed E-state index contributed by atoms with van der Waals surface area (Å²) < 4.78 is 5.36. The van der Waals surface area contributed by atoms with Gasteiger partial charge in [-0.1, -0.05) is 76.5 Å². The van der Waals surface area contributed by atoms with Gasteiger partial charge in [0.1, 0.15) is 6.61 Å². The van der Waals surface area contributed by atoms with E-state index < -0.39 is 0 Å². The van der Waals surface area contributed by atoms with E-state index in [2.05, 4.69) is 32.9 Å². The molecule has 0 atom stereocenters. The predicted octanol–water partition coefficient (Wildman–Crippen LogP) is 6.27. The summed E-state index contributed by atoms with van der Waals surface area (Å²) >= 11 is 0. The monoisotopic (exact) mass is 318 g/mol. The fourth-order valence-electron chi connectivity index (χ4n) is 2.71. The maximum atomic E-state index is 11.8. The summed E-state index contributed by atoms with van der Waals surface area (Å²) in [5.41, 5.74) is 3.60. The lowest BCUT2D eigenvalue weighted by Crippen LogP contribution is -2.04. The largest absolute Gasteiger partial charge is 0.461 e. The third-order valence-corrected chi connectivity index (χ3v) is 4.46. The summed E-state index contributed by atoms with van der Waals surface area (Å²) in [4.78, 5) is 11.8. The van der Waals surface area contributed by atoms with Crippen molar-refractivity contribution in [1.29, 1.82) is 0 Å². The van der Waals surface area contributed by atoms with Crippen molar-refractivity contribution in [3.8, 4) is 0 Å². The first-order valence-corrected chi connectivity index (χ1v) is 9.35. The van der Waals surface area contributed by atoms with Gasteiger partial charge in [0, 0.05) is 6.42 Å². The van der Waals surface area contributed by atoms with Crippen molar-refractivity contribution >= 4 is 5.97 Å². The van der Waals surface area contributed by atoms with Crippen LogP contribution < -0.4 is 0 Å². The normalized spacial score (nSPS) is 10.7. The van der Waals surface area contributed by atoms with Crippen LogP contribution >= 0.6 is 0 Å². The molecule has 0 aliphatic heterocycles. The highest BCUT2D eigenvalue weighted by atomic mass is 16.5. The van der Waals surface area contributed by atoms with Gasteiger partial charge in [0.05, 0.1) is 0 Å². The molecule has 1 aromatic carbocycles. The molecule has 130 valence electrons. The van der Waals surface area contributed by atoms with Crippen molar-refractivity contribution < 1.29 is 9.53 Å². The second-order valence-corrected chi connectivity index (χ2v) is 6.66. The molecule has 2 nitrogen and oxygen atoms in total. The molecule has 2 heteroatoms. The molecule has 0 aliphatic carbocycles. The van der Waals surface area contributed by atoms with Crippen molar-refractivity contribution in [2.45, 2.75) is 91.6 Å². The number of esters is 1. The van der Waals surface area contributed by atoms with E-state index in [1.807, 2.05) is 6.07 Å². The smallest absolute Gasteiger partial charge is 0.306 e. The van der Waals surface area contributed by atoms with E-state index >= 15 is 0 Å². The highest BCUT2D eigenvalue weighted by Crippen LogP contribution is 2.13. The third-order valence-electron chi connectivity index (χ3n) is 4.46.